The molecule has 0 saturated carbocycles. The first-order chi connectivity index (χ1) is 9.56. The Balaban J connectivity index is 1.79. The first-order valence-corrected chi connectivity index (χ1v) is 7.57. The van der Waals surface area contributed by atoms with E-state index in [0.29, 0.717) is 12.5 Å². The van der Waals surface area contributed by atoms with Crippen molar-refractivity contribution in [2.45, 2.75) is 20.3 Å². The molecule has 5 heteroatoms. The summed E-state index contributed by atoms with van der Waals surface area (Å²) >= 11 is 3.51. The first kappa shape index (κ1) is 15.5. The molecular formula is C15H20BrNO3. The highest BCUT2D eigenvalue weighted by atomic mass is 79.9. The highest BCUT2D eigenvalue weighted by Crippen LogP contribution is 2.24. The lowest BCUT2D eigenvalue weighted by molar-refractivity contribution is -0.121. The average Bonchev–Trinajstić information content (AvgIpc) is 2.89. The fourth-order valence-electron chi connectivity index (χ4n) is 2.25. The maximum absolute atomic E-state index is 11.8. The zero-order valence-electron chi connectivity index (χ0n) is 11.9. The molecule has 20 heavy (non-hydrogen) atoms. The van der Waals surface area contributed by atoms with Gasteiger partial charge in [0.15, 0.2) is 0 Å². The van der Waals surface area contributed by atoms with Crippen LogP contribution in [0, 0.1) is 19.8 Å². The Hall–Kier alpha value is -0.910. The second-order valence-corrected chi connectivity index (χ2v) is 6.01. The maximum atomic E-state index is 11.8. The van der Waals surface area contributed by atoms with Gasteiger partial charge in [0.1, 0.15) is 6.61 Å². The van der Waals surface area contributed by atoms with E-state index < -0.39 is 0 Å². The Bertz CT molecular complexity index is 461. The molecule has 1 fully saturated rings. The fraction of sp³-hybridized carbons (Fsp3) is 0.533. The van der Waals surface area contributed by atoms with E-state index in [4.69, 9.17) is 9.47 Å². The number of hydrogen-bond acceptors (Lipinski definition) is 3. The molecule has 1 N–H and O–H groups in total. The summed E-state index contributed by atoms with van der Waals surface area (Å²) < 4.78 is 11.8. The van der Waals surface area contributed by atoms with E-state index in [9.17, 15) is 4.79 Å². The van der Waals surface area contributed by atoms with Crippen molar-refractivity contribution in [2.24, 2.45) is 5.92 Å². The van der Waals surface area contributed by atoms with Gasteiger partial charge in [-0.15, -0.1) is 0 Å². The molecule has 0 bridgehead atoms. The van der Waals surface area contributed by atoms with Crippen LogP contribution in [0.15, 0.2) is 16.6 Å². The van der Waals surface area contributed by atoms with Crippen LogP contribution in [-0.4, -0.2) is 32.3 Å². The lowest BCUT2D eigenvalue weighted by Crippen LogP contribution is -2.21. The fourth-order valence-corrected chi connectivity index (χ4v) is 2.48. The summed E-state index contributed by atoms with van der Waals surface area (Å²) in [6.07, 6.45) is 1.02. The molecule has 0 spiro atoms. The van der Waals surface area contributed by atoms with E-state index in [1.54, 1.807) is 0 Å². The van der Waals surface area contributed by atoms with Crippen molar-refractivity contribution in [1.82, 2.24) is 0 Å². The molecule has 0 aromatic heterocycles. The number of amides is 1. The quantitative estimate of drug-likeness (QED) is 0.895. The Morgan fingerprint density at radius 2 is 2.15 bits per heavy atom. The standard InChI is InChI=1S/C15H20BrNO3/c1-10-5-13(6-11(2)15(10)16)17-14(18)9-20-8-12-3-4-19-7-12/h5-6,12H,3-4,7-9H2,1-2H3,(H,17,18)/t12-/m1/s1. The molecular weight excluding hydrogens is 322 g/mol. The van der Waals surface area contributed by atoms with Crippen LogP contribution in [-0.2, 0) is 14.3 Å². The predicted octanol–water partition coefficient (Wildman–Crippen LogP) is 3.06. The molecule has 1 amide bonds. The van der Waals surface area contributed by atoms with Crippen molar-refractivity contribution >= 4 is 27.5 Å². The topological polar surface area (TPSA) is 47.6 Å². The van der Waals surface area contributed by atoms with E-state index in [1.165, 1.54) is 0 Å². The van der Waals surface area contributed by atoms with E-state index >= 15 is 0 Å². The lowest BCUT2D eigenvalue weighted by atomic mass is 10.1. The van der Waals surface area contributed by atoms with Gasteiger partial charge in [0, 0.05) is 22.7 Å². The second kappa shape index (κ2) is 7.20. The molecule has 1 heterocycles. The summed E-state index contributed by atoms with van der Waals surface area (Å²) in [4.78, 5) is 11.8. The monoisotopic (exact) mass is 341 g/mol. The average molecular weight is 342 g/mol. The number of halogens is 1. The maximum Gasteiger partial charge on any atom is 0.250 e. The van der Waals surface area contributed by atoms with Crippen molar-refractivity contribution in [2.75, 3.05) is 31.7 Å². The third-order valence-electron chi connectivity index (χ3n) is 3.33. The summed E-state index contributed by atoms with van der Waals surface area (Å²) in [7, 11) is 0. The number of aryl methyl sites for hydroxylation is 2. The van der Waals surface area contributed by atoms with Gasteiger partial charge in [-0.1, -0.05) is 15.9 Å². The van der Waals surface area contributed by atoms with Crippen molar-refractivity contribution in [3.05, 3.63) is 27.7 Å². The summed E-state index contributed by atoms with van der Waals surface area (Å²) in [6, 6.07) is 3.89. The minimum atomic E-state index is -0.120. The Labute approximate surface area is 128 Å². The number of benzene rings is 1. The lowest BCUT2D eigenvalue weighted by Gasteiger charge is -2.11. The minimum absolute atomic E-state index is 0.0880. The summed E-state index contributed by atoms with van der Waals surface area (Å²) in [5, 5.41) is 2.86. The third-order valence-corrected chi connectivity index (χ3v) is 4.58. The van der Waals surface area contributed by atoms with Crippen LogP contribution in [0.4, 0.5) is 5.69 Å². The van der Waals surface area contributed by atoms with E-state index in [2.05, 4.69) is 21.2 Å². The molecule has 1 saturated heterocycles. The van der Waals surface area contributed by atoms with E-state index in [-0.39, 0.29) is 12.5 Å². The number of anilines is 1. The molecule has 110 valence electrons. The first-order valence-electron chi connectivity index (χ1n) is 6.78. The van der Waals surface area contributed by atoms with Gasteiger partial charge >= 0.3 is 0 Å². The van der Waals surface area contributed by atoms with Gasteiger partial charge in [-0.2, -0.15) is 0 Å². The number of ether oxygens (including phenoxy) is 2. The summed E-state index contributed by atoms with van der Waals surface area (Å²) in [6.45, 7) is 6.23. The molecule has 1 aromatic carbocycles. The Morgan fingerprint density at radius 1 is 1.45 bits per heavy atom. The number of carbonyl (C=O) groups excluding carboxylic acids is 1. The summed E-state index contributed by atoms with van der Waals surface area (Å²) in [5.41, 5.74) is 3.01. The zero-order chi connectivity index (χ0) is 14.5. The number of rotatable bonds is 5. The molecule has 0 unspecified atom stereocenters. The molecule has 1 aliphatic heterocycles. The molecule has 2 rings (SSSR count). The minimum Gasteiger partial charge on any atom is -0.381 e. The predicted molar refractivity (Wildman–Crippen MR) is 82.0 cm³/mol. The van der Waals surface area contributed by atoms with Gasteiger partial charge in [-0.05, 0) is 43.5 Å². The van der Waals surface area contributed by atoms with E-state index in [1.807, 2.05) is 26.0 Å². The highest BCUT2D eigenvalue weighted by molar-refractivity contribution is 9.10. The molecule has 0 radical (unpaired) electrons. The van der Waals surface area contributed by atoms with Crippen LogP contribution in [0.25, 0.3) is 0 Å². The van der Waals surface area contributed by atoms with Crippen LogP contribution in [0.2, 0.25) is 0 Å². The van der Waals surface area contributed by atoms with Gasteiger partial charge in [0.25, 0.3) is 0 Å². The normalized spacial score (nSPS) is 18.2. The second-order valence-electron chi connectivity index (χ2n) is 5.22. The number of nitrogens with one attached hydrogen (secondary N) is 1. The van der Waals surface area contributed by atoms with Crippen molar-refractivity contribution < 1.29 is 14.3 Å². The van der Waals surface area contributed by atoms with Crippen LogP contribution >= 0.6 is 15.9 Å². The van der Waals surface area contributed by atoms with Gasteiger partial charge in [-0.25, -0.2) is 0 Å². The Kier molecular flexibility index (Phi) is 5.57. The van der Waals surface area contributed by atoms with Gasteiger partial charge in [0.2, 0.25) is 5.91 Å². The van der Waals surface area contributed by atoms with Crippen molar-refractivity contribution in [3.63, 3.8) is 0 Å². The van der Waals surface area contributed by atoms with Crippen LogP contribution in [0.3, 0.4) is 0 Å². The van der Waals surface area contributed by atoms with Crippen LogP contribution in [0.1, 0.15) is 17.5 Å². The van der Waals surface area contributed by atoms with Gasteiger partial charge < -0.3 is 14.8 Å². The van der Waals surface area contributed by atoms with Crippen LogP contribution < -0.4 is 5.32 Å². The Morgan fingerprint density at radius 3 is 2.75 bits per heavy atom. The highest BCUT2D eigenvalue weighted by Gasteiger charge is 2.16. The number of carbonyl (C=O) groups is 1. The van der Waals surface area contributed by atoms with E-state index in [0.717, 1.165) is 40.9 Å². The third kappa shape index (κ3) is 4.30. The smallest absolute Gasteiger partial charge is 0.250 e. The van der Waals surface area contributed by atoms with Crippen molar-refractivity contribution in [1.29, 1.82) is 0 Å². The molecule has 0 aliphatic carbocycles. The largest absolute Gasteiger partial charge is 0.381 e. The summed E-state index contributed by atoms with van der Waals surface area (Å²) in [5.74, 6) is 0.310. The van der Waals surface area contributed by atoms with Gasteiger partial charge in [0.05, 0.1) is 13.2 Å². The van der Waals surface area contributed by atoms with Crippen LogP contribution in [0.5, 0.6) is 0 Å². The molecule has 1 atom stereocenters. The molecule has 1 aromatic rings. The molecule has 1 aliphatic rings. The zero-order valence-corrected chi connectivity index (χ0v) is 13.5. The number of hydrogen-bond donors (Lipinski definition) is 1. The SMILES string of the molecule is Cc1cc(NC(=O)COC[C@@H]2CCOC2)cc(C)c1Br. The van der Waals surface area contributed by atoms with Crippen molar-refractivity contribution in [3.8, 4) is 0 Å². The molecule has 4 nitrogen and oxygen atoms in total. The van der Waals surface area contributed by atoms with Gasteiger partial charge in [-0.3, -0.25) is 4.79 Å².